The maximum absolute atomic E-state index is 11.9. The normalized spacial score (nSPS) is 15.3. The third-order valence-corrected chi connectivity index (χ3v) is 2.16. The average molecular weight is 245 g/mol. The van der Waals surface area contributed by atoms with Crippen molar-refractivity contribution in [1.29, 1.82) is 0 Å². The molecule has 1 atom stereocenters. The van der Waals surface area contributed by atoms with Crippen LogP contribution in [0, 0.1) is 5.92 Å². The molecule has 0 saturated heterocycles. The number of ether oxygens (including phenoxy) is 1. The van der Waals surface area contributed by atoms with E-state index in [1.54, 1.807) is 34.6 Å². The molecule has 0 aliphatic heterocycles. The van der Waals surface area contributed by atoms with Crippen molar-refractivity contribution in [2.75, 3.05) is 6.61 Å². The van der Waals surface area contributed by atoms with Crippen LogP contribution in [0.25, 0.3) is 0 Å². The Balaban J connectivity index is 4.70. The predicted octanol–water partition coefficient (Wildman–Crippen LogP) is 1.49. The lowest BCUT2D eigenvalue weighted by Gasteiger charge is -2.30. The van der Waals surface area contributed by atoms with E-state index >= 15 is 0 Å². The van der Waals surface area contributed by atoms with Gasteiger partial charge in [0.2, 0.25) is 0 Å². The summed E-state index contributed by atoms with van der Waals surface area (Å²) in [7, 11) is 0. The minimum absolute atomic E-state index is 0.231. The van der Waals surface area contributed by atoms with Crippen molar-refractivity contribution in [3.8, 4) is 0 Å². The third kappa shape index (κ3) is 5.17. The molecule has 100 valence electrons. The van der Waals surface area contributed by atoms with E-state index in [0.29, 0.717) is 0 Å². The molecular weight excluding hydrogens is 222 g/mol. The van der Waals surface area contributed by atoms with Gasteiger partial charge >= 0.3 is 6.09 Å². The van der Waals surface area contributed by atoms with Crippen molar-refractivity contribution in [3.05, 3.63) is 0 Å². The van der Waals surface area contributed by atoms with Crippen molar-refractivity contribution in [3.63, 3.8) is 0 Å². The molecule has 0 rings (SSSR count). The second-order valence-corrected chi connectivity index (χ2v) is 5.64. The summed E-state index contributed by atoms with van der Waals surface area (Å²) in [4.78, 5) is 23.4. The molecule has 0 aromatic carbocycles. The Morgan fingerprint density at radius 1 is 1.24 bits per heavy atom. The van der Waals surface area contributed by atoms with E-state index in [1.807, 2.05) is 0 Å². The molecule has 0 bridgehead atoms. The van der Waals surface area contributed by atoms with Gasteiger partial charge in [0, 0.05) is 5.92 Å². The average Bonchev–Trinajstić information content (AvgIpc) is 2.12. The smallest absolute Gasteiger partial charge is 0.408 e. The van der Waals surface area contributed by atoms with Gasteiger partial charge in [0.1, 0.15) is 11.1 Å². The number of carbonyl (C=O) groups is 2. The van der Waals surface area contributed by atoms with Gasteiger partial charge in [-0.05, 0) is 27.7 Å². The second kappa shape index (κ2) is 5.49. The Hall–Kier alpha value is -1.10. The zero-order valence-electron chi connectivity index (χ0n) is 11.5. The number of aliphatic hydroxyl groups is 1. The number of alkyl carbamates (subject to hydrolysis) is 1. The van der Waals surface area contributed by atoms with Crippen LogP contribution in [0.15, 0.2) is 0 Å². The van der Waals surface area contributed by atoms with Crippen LogP contribution in [-0.2, 0) is 9.53 Å². The predicted molar refractivity (Wildman–Crippen MR) is 64.7 cm³/mol. The highest BCUT2D eigenvalue weighted by Gasteiger charge is 2.36. The number of hydrogen-bond donors (Lipinski definition) is 2. The first kappa shape index (κ1) is 15.9. The van der Waals surface area contributed by atoms with Crippen LogP contribution in [0.3, 0.4) is 0 Å². The Bertz CT molecular complexity index is 293. The summed E-state index contributed by atoms with van der Waals surface area (Å²) >= 11 is 0. The van der Waals surface area contributed by atoms with E-state index in [4.69, 9.17) is 4.74 Å². The molecule has 0 aromatic rings. The Morgan fingerprint density at radius 3 is 2.00 bits per heavy atom. The van der Waals surface area contributed by atoms with Crippen molar-refractivity contribution in [2.24, 2.45) is 5.92 Å². The lowest BCUT2D eigenvalue weighted by molar-refractivity contribution is -0.129. The van der Waals surface area contributed by atoms with Gasteiger partial charge in [-0.15, -0.1) is 0 Å². The zero-order valence-corrected chi connectivity index (χ0v) is 11.5. The summed E-state index contributed by atoms with van der Waals surface area (Å²) in [5, 5.41) is 11.7. The highest BCUT2D eigenvalue weighted by atomic mass is 16.6. The van der Waals surface area contributed by atoms with E-state index < -0.39 is 23.8 Å². The fraction of sp³-hybridized carbons (Fsp3) is 0.833. The van der Waals surface area contributed by atoms with Crippen LogP contribution in [0.1, 0.15) is 41.5 Å². The van der Waals surface area contributed by atoms with Gasteiger partial charge in [0.15, 0.2) is 5.78 Å². The Kier molecular flexibility index (Phi) is 5.13. The highest BCUT2D eigenvalue weighted by molar-refractivity contribution is 5.92. The summed E-state index contributed by atoms with van der Waals surface area (Å²) in [6, 6.07) is 0. The molecule has 0 heterocycles. The molecule has 0 aliphatic rings. The van der Waals surface area contributed by atoms with E-state index in [2.05, 4.69) is 5.32 Å². The maximum atomic E-state index is 11.9. The van der Waals surface area contributed by atoms with Gasteiger partial charge in [-0.25, -0.2) is 4.79 Å². The summed E-state index contributed by atoms with van der Waals surface area (Å²) in [6.45, 7) is 9.65. The van der Waals surface area contributed by atoms with E-state index in [-0.39, 0.29) is 11.7 Å². The van der Waals surface area contributed by atoms with Gasteiger partial charge in [0.25, 0.3) is 0 Å². The number of carbonyl (C=O) groups excluding carboxylic acids is 2. The van der Waals surface area contributed by atoms with Crippen LogP contribution in [0.5, 0.6) is 0 Å². The first-order valence-corrected chi connectivity index (χ1v) is 5.68. The summed E-state index contributed by atoms with van der Waals surface area (Å²) in [5.74, 6) is -0.507. The fourth-order valence-corrected chi connectivity index (χ4v) is 1.35. The van der Waals surface area contributed by atoms with Crippen LogP contribution in [-0.4, -0.2) is 34.7 Å². The monoisotopic (exact) mass is 245 g/mol. The topological polar surface area (TPSA) is 75.6 Å². The number of rotatable bonds is 4. The minimum Gasteiger partial charge on any atom is -0.444 e. The summed E-state index contributed by atoms with van der Waals surface area (Å²) in [6.07, 6.45) is -0.706. The van der Waals surface area contributed by atoms with Crippen molar-refractivity contribution < 1.29 is 19.4 Å². The molecule has 0 saturated carbocycles. The summed E-state index contributed by atoms with van der Waals surface area (Å²) < 4.78 is 5.05. The fourth-order valence-electron chi connectivity index (χ4n) is 1.35. The van der Waals surface area contributed by atoms with Gasteiger partial charge < -0.3 is 15.2 Å². The molecule has 0 fully saturated rings. The van der Waals surface area contributed by atoms with Crippen LogP contribution in [0.2, 0.25) is 0 Å². The molecule has 2 N–H and O–H groups in total. The minimum atomic E-state index is -1.30. The number of amides is 1. The number of Topliss-reactive ketones (excluding diaryl/α,β-unsaturated/α-hetero) is 1. The van der Waals surface area contributed by atoms with Crippen molar-refractivity contribution >= 4 is 11.9 Å². The zero-order chi connectivity index (χ0) is 13.9. The van der Waals surface area contributed by atoms with E-state index in [1.165, 1.54) is 6.92 Å². The van der Waals surface area contributed by atoms with Gasteiger partial charge in [-0.3, -0.25) is 4.79 Å². The molecule has 17 heavy (non-hydrogen) atoms. The van der Waals surface area contributed by atoms with E-state index in [0.717, 1.165) is 0 Å². The molecule has 1 amide bonds. The standard InChI is InChI=1S/C12H23NO4/c1-8(2)9(15)12(6,7-14)13-10(16)17-11(3,4)5/h8,14H,7H2,1-6H3,(H,13,16)/t12-/m1/s1. The highest BCUT2D eigenvalue weighted by Crippen LogP contribution is 2.14. The Morgan fingerprint density at radius 2 is 1.71 bits per heavy atom. The number of ketones is 1. The third-order valence-electron chi connectivity index (χ3n) is 2.16. The Labute approximate surface area is 103 Å². The maximum Gasteiger partial charge on any atom is 0.408 e. The lowest BCUT2D eigenvalue weighted by atomic mass is 9.90. The largest absolute Gasteiger partial charge is 0.444 e. The molecule has 0 aliphatic carbocycles. The molecule has 0 unspecified atom stereocenters. The van der Waals surface area contributed by atoms with Crippen LogP contribution < -0.4 is 5.32 Å². The number of hydrogen-bond acceptors (Lipinski definition) is 4. The van der Waals surface area contributed by atoms with Gasteiger partial charge in [-0.2, -0.15) is 0 Å². The molecule has 0 aromatic heterocycles. The lowest BCUT2D eigenvalue weighted by Crippen LogP contribution is -2.57. The second-order valence-electron chi connectivity index (χ2n) is 5.64. The molecule has 5 heteroatoms. The first-order valence-electron chi connectivity index (χ1n) is 5.68. The van der Waals surface area contributed by atoms with Crippen LogP contribution in [0.4, 0.5) is 4.79 Å². The molecule has 0 radical (unpaired) electrons. The van der Waals surface area contributed by atoms with Gasteiger partial charge in [0.05, 0.1) is 6.61 Å². The van der Waals surface area contributed by atoms with E-state index in [9.17, 15) is 14.7 Å². The number of aliphatic hydroxyl groups excluding tert-OH is 1. The molecule has 5 nitrogen and oxygen atoms in total. The quantitative estimate of drug-likeness (QED) is 0.786. The molecule has 0 spiro atoms. The molecular formula is C12H23NO4. The summed E-state index contributed by atoms with van der Waals surface area (Å²) in [5.41, 5.74) is -1.93. The number of nitrogens with one attached hydrogen (secondary N) is 1. The van der Waals surface area contributed by atoms with Gasteiger partial charge in [-0.1, -0.05) is 13.8 Å². The van der Waals surface area contributed by atoms with Crippen molar-refractivity contribution in [2.45, 2.75) is 52.7 Å². The SMILES string of the molecule is CC(C)C(=O)[C@@](C)(CO)NC(=O)OC(C)(C)C. The van der Waals surface area contributed by atoms with Crippen LogP contribution >= 0.6 is 0 Å². The van der Waals surface area contributed by atoms with Crippen molar-refractivity contribution in [1.82, 2.24) is 5.32 Å². The first-order chi connectivity index (χ1) is 7.52.